The van der Waals surface area contributed by atoms with Crippen molar-refractivity contribution in [2.24, 2.45) is 0 Å². The van der Waals surface area contributed by atoms with Gasteiger partial charge in [-0.15, -0.1) is 0 Å². The summed E-state index contributed by atoms with van der Waals surface area (Å²) in [6.45, 7) is 0. The highest BCUT2D eigenvalue weighted by molar-refractivity contribution is 5.83. The molecular formula is C33H24NO2+. The summed E-state index contributed by atoms with van der Waals surface area (Å²) in [5, 5.41) is 0.850. The molecular weight excluding hydrogens is 442 g/mol. The fourth-order valence-electron chi connectivity index (χ4n) is 5.19. The molecule has 0 radical (unpaired) electrons. The van der Waals surface area contributed by atoms with E-state index in [4.69, 9.17) is 4.42 Å². The van der Waals surface area contributed by atoms with Crippen LogP contribution in [0.25, 0.3) is 16.7 Å². The van der Waals surface area contributed by atoms with Gasteiger partial charge in [-0.05, 0) is 22.8 Å². The Morgan fingerprint density at radius 1 is 0.528 bits per heavy atom. The minimum Gasteiger partial charge on any atom is -0.371 e. The average molecular weight is 467 g/mol. The Balaban J connectivity index is 1.74. The van der Waals surface area contributed by atoms with Crippen molar-refractivity contribution >= 4 is 11.0 Å². The first-order chi connectivity index (χ1) is 17.8. The predicted molar refractivity (Wildman–Crippen MR) is 142 cm³/mol. The summed E-state index contributed by atoms with van der Waals surface area (Å²) in [6, 6.07) is 46.9. The number of benzene rings is 5. The molecule has 0 aliphatic carbocycles. The number of para-hydroxylation sites is 2. The van der Waals surface area contributed by atoms with Gasteiger partial charge in [-0.25, -0.2) is 0 Å². The maximum absolute atomic E-state index is 13.3. The monoisotopic (exact) mass is 466 g/mol. The van der Waals surface area contributed by atoms with Crippen molar-refractivity contribution in [3.05, 3.63) is 179 Å². The molecule has 6 aromatic rings. The van der Waals surface area contributed by atoms with Crippen LogP contribution >= 0.6 is 0 Å². The van der Waals surface area contributed by atoms with Gasteiger partial charge in [-0.3, -0.25) is 0 Å². The lowest BCUT2D eigenvalue weighted by Crippen LogP contribution is -2.46. The molecule has 0 N–H and O–H groups in total. The third-order valence-corrected chi connectivity index (χ3v) is 6.76. The highest BCUT2D eigenvalue weighted by Gasteiger charge is 2.40. The topological polar surface area (TPSA) is 34.1 Å². The van der Waals surface area contributed by atoms with Gasteiger partial charge in [0.2, 0.25) is 5.69 Å². The number of hydrogen-bond acceptors (Lipinski definition) is 2. The molecule has 0 aliphatic heterocycles. The summed E-state index contributed by atoms with van der Waals surface area (Å²) in [7, 11) is 0. The van der Waals surface area contributed by atoms with Crippen molar-refractivity contribution in [3.63, 3.8) is 0 Å². The highest BCUT2D eigenvalue weighted by atomic mass is 16.4. The van der Waals surface area contributed by atoms with Gasteiger partial charge in [0.05, 0.1) is 10.8 Å². The molecule has 0 amide bonds. The Labute approximate surface area is 209 Å². The molecule has 0 bridgehead atoms. The van der Waals surface area contributed by atoms with Crippen LogP contribution in [0, 0.1) is 0 Å². The molecule has 3 heteroatoms. The van der Waals surface area contributed by atoms with E-state index in [9.17, 15) is 4.79 Å². The lowest BCUT2D eigenvalue weighted by molar-refractivity contribution is -0.623. The zero-order valence-electron chi connectivity index (χ0n) is 19.6. The molecule has 0 saturated heterocycles. The predicted octanol–water partition coefficient (Wildman–Crippen LogP) is 6.45. The maximum Gasteiger partial charge on any atom is 0.608 e. The SMILES string of the molecule is O=c1oc2c(C(c3ccccc3)(c3ccccc3)c3ccccc3)cccc2c[n+]1-c1ccccc1. The van der Waals surface area contributed by atoms with Crippen molar-refractivity contribution < 1.29 is 8.98 Å². The lowest BCUT2D eigenvalue weighted by atomic mass is 9.65. The Morgan fingerprint density at radius 3 is 1.50 bits per heavy atom. The smallest absolute Gasteiger partial charge is 0.371 e. The summed E-state index contributed by atoms with van der Waals surface area (Å²) in [5.41, 5.74) is 4.84. The second-order valence-electron chi connectivity index (χ2n) is 8.77. The van der Waals surface area contributed by atoms with E-state index in [1.165, 1.54) is 0 Å². The van der Waals surface area contributed by atoms with Gasteiger partial charge in [0.15, 0.2) is 11.8 Å². The number of rotatable bonds is 5. The van der Waals surface area contributed by atoms with Crippen LogP contribution in [0.1, 0.15) is 22.3 Å². The van der Waals surface area contributed by atoms with E-state index >= 15 is 0 Å². The molecule has 36 heavy (non-hydrogen) atoms. The van der Waals surface area contributed by atoms with Crippen LogP contribution in [0.5, 0.6) is 0 Å². The number of hydrogen-bond donors (Lipinski definition) is 0. The molecule has 5 aromatic carbocycles. The van der Waals surface area contributed by atoms with Crippen molar-refractivity contribution in [3.8, 4) is 5.69 Å². The van der Waals surface area contributed by atoms with Gasteiger partial charge in [-0.2, -0.15) is 4.79 Å². The van der Waals surface area contributed by atoms with Crippen molar-refractivity contribution in [1.29, 1.82) is 0 Å². The molecule has 0 saturated carbocycles. The fraction of sp³-hybridized carbons (Fsp3) is 0.0303. The average Bonchev–Trinajstić information content (AvgIpc) is 2.96. The zero-order chi connectivity index (χ0) is 24.4. The summed E-state index contributed by atoms with van der Waals surface area (Å²) in [5.74, 6) is -0.427. The summed E-state index contributed by atoms with van der Waals surface area (Å²) in [6.07, 6.45) is 1.87. The first-order valence-corrected chi connectivity index (χ1v) is 12.0. The van der Waals surface area contributed by atoms with Crippen LogP contribution < -0.4 is 10.3 Å². The van der Waals surface area contributed by atoms with Crippen molar-refractivity contribution in [2.75, 3.05) is 0 Å². The van der Waals surface area contributed by atoms with Crippen LogP contribution in [0.2, 0.25) is 0 Å². The standard InChI is InChI=1S/C33H24NO2/c35-32-34(29-21-11-4-12-22-29)24-25-14-13-23-30(31(25)36-32)33(26-15-5-1-6-16-26,27-17-7-2-8-18-27)28-19-9-3-10-20-28/h1-24H/q+1. The van der Waals surface area contributed by atoms with Gasteiger partial charge in [0.25, 0.3) is 0 Å². The molecule has 6 rings (SSSR count). The van der Waals surface area contributed by atoms with Crippen LogP contribution in [0.4, 0.5) is 0 Å². The molecule has 1 aromatic heterocycles. The van der Waals surface area contributed by atoms with E-state index in [0.717, 1.165) is 33.3 Å². The van der Waals surface area contributed by atoms with Crippen molar-refractivity contribution in [2.45, 2.75) is 5.41 Å². The van der Waals surface area contributed by atoms with Crippen LogP contribution in [0.3, 0.4) is 0 Å². The summed E-state index contributed by atoms with van der Waals surface area (Å²) >= 11 is 0. The third kappa shape index (κ3) is 3.53. The minimum absolute atomic E-state index is 0.427. The summed E-state index contributed by atoms with van der Waals surface area (Å²) in [4.78, 5) is 13.3. The third-order valence-electron chi connectivity index (χ3n) is 6.76. The van der Waals surface area contributed by atoms with Gasteiger partial charge in [0, 0.05) is 17.7 Å². The molecule has 172 valence electrons. The van der Waals surface area contributed by atoms with Gasteiger partial charge in [-0.1, -0.05) is 126 Å². The normalized spacial score (nSPS) is 11.4. The first kappa shape index (κ1) is 21.8. The molecule has 0 atom stereocenters. The molecule has 3 nitrogen and oxygen atoms in total. The van der Waals surface area contributed by atoms with Crippen LogP contribution in [0.15, 0.2) is 155 Å². The van der Waals surface area contributed by atoms with E-state index in [1.54, 1.807) is 4.57 Å². The number of fused-ring (bicyclic) bond motifs is 1. The zero-order valence-corrected chi connectivity index (χ0v) is 19.6. The first-order valence-electron chi connectivity index (χ1n) is 12.0. The van der Waals surface area contributed by atoms with E-state index in [0.29, 0.717) is 5.58 Å². The van der Waals surface area contributed by atoms with Gasteiger partial charge >= 0.3 is 5.76 Å². The molecule has 0 unspecified atom stereocenters. The maximum atomic E-state index is 13.3. The van der Waals surface area contributed by atoms with Crippen LogP contribution in [-0.2, 0) is 5.41 Å². The van der Waals surface area contributed by atoms with Crippen LogP contribution in [-0.4, -0.2) is 0 Å². The fourth-order valence-corrected chi connectivity index (χ4v) is 5.19. The van der Waals surface area contributed by atoms with E-state index in [1.807, 2.05) is 66.9 Å². The highest BCUT2D eigenvalue weighted by Crippen LogP contribution is 2.46. The second kappa shape index (κ2) is 9.12. The Morgan fingerprint density at radius 2 is 1.00 bits per heavy atom. The quantitative estimate of drug-likeness (QED) is 0.216. The van der Waals surface area contributed by atoms with E-state index < -0.39 is 11.2 Å². The number of nitrogens with zero attached hydrogens (tertiary/aromatic N) is 1. The lowest BCUT2D eigenvalue weighted by Gasteiger charge is -2.36. The number of aromatic nitrogens is 1. The van der Waals surface area contributed by atoms with Crippen molar-refractivity contribution in [1.82, 2.24) is 0 Å². The molecule has 1 heterocycles. The van der Waals surface area contributed by atoms with E-state index in [-0.39, 0.29) is 0 Å². The minimum atomic E-state index is -0.696. The Hall–Kier alpha value is -4.76. The second-order valence-corrected chi connectivity index (χ2v) is 8.77. The van der Waals surface area contributed by atoms with E-state index in [2.05, 4.69) is 78.9 Å². The van der Waals surface area contributed by atoms with Gasteiger partial charge < -0.3 is 4.42 Å². The largest absolute Gasteiger partial charge is 0.608 e. The Bertz CT molecular complexity index is 1580. The molecule has 0 spiro atoms. The summed E-state index contributed by atoms with van der Waals surface area (Å²) < 4.78 is 7.71. The van der Waals surface area contributed by atoms with Gasteiger partial charge in [0.1, 0.15) is 0 Å². The Kier molecular flexibility index (Phi) is 5.51. The molecule has 0 aliphatic rings. The molecule has 0 fully saturated rings.